The topological polar surface area (TPSA) is 32.5 Å². The van der Waals surface area contributed by atoms with Crippen molar-refractivity contribution in [2.24, 2.45) is 5.73 Å². The van der Waals surface area contributed by atoms with Crippen LogP contribution in [0.3, 0.4) is 0 Å². The Morgan fingerprint density at radius 1 is 1.56 bits per heavy atom. The van der Waals surface area contributed by atoms with Gasteiger partial charge in [0.2, 0.25) is 0 Å². The first-order valence-electron chi connectivity index (χ1n) is 6.91. The summed E-state index contributed by atoms with van der Waals surface area (Å²) >= 11 is 1.84. The second-order valence-corrected chi connectivity index (χ2v) is 6.85. The molecule has 0 bridgehead atoms. The third kappa shape index (κ3) is 2.35. The van der Waals surface area contributed by atoms with Crippen LogP contribution in [-0.4, -0.2) is 48.1 Å². The number of nitrogens with two attached hydrogens (primary N) is 1. The SMILES string of the molecule is CN(Cc1cccs1)C1(CN)CCN(C2CC2)C1. The number of likely N-dealkylation sites (N-methyl/N-ethyl adjacent to an activating group) is 1. The fraction of sp³-hybridized carbons (Fsp3) is 0.714. The minimum absolute atomic E-state index is 0.201. The van der Waals surface area contributed by atoms with Crippen LogP contribution in [0.25, 0.3) is 0 Å². The van der Waals surface area contributed by atoms with Gasteiger partial charge in [-0.3, -0.25) is 9.80 Å². The lowest BCUT2D eigenvalue weighted by molar-refractivity contribution is 0.121. The van der Waals surface area contributed by atoms with Gasteiger partial charge in [0, 0.05) is 42.6 Å². The molecule has 1 aromatic heterocycles. The molecule has 0 spiro atoms. The molecule has 1 aliphatic heterocycles. The smallest absolute Gasteiger partial charge is 0.0471 e. The van der Waals surface area contributed by atoms with Gasteiger partial charge in [-0.25, -0.2) is 0 Å². The van der Waals surface area contributed by atoms with E-state index in [1.54, 1.807) is 0 Å². The van der Waals surface area contributed by atoms with E-state index in [-0.39, 0.29) is 5.54 Å². The molecule has 3 nitrogen and oxygen atoms in total. The largest absolute Gasteiger partial charge is 0.329 e. The Kier molecular flexibility index (Phi) is 3.45. The number of nitrogens with zero attached hydrogens (tertiary/aromatic N) is 2. The molecule has 2 heterocycles. The molecule has 2 fully saturated rings. The van der Waals surface area contributed by atoms with Crippen molar-refractivity contribution in [1.82, 2.24) is 9.80 Å². The lowest BCUT2D eigenvalue weighted by Crippen LogP contribution is -2.53. The normalized spacial score (nSPS) is 29.3. The summed E-state index contributed by atoms with van der Waals surface area (Å²) < 4.78 is 0. The molecule has 0 amide bonds. The van der Waals surface area contributed by atoms with Crippen LogP contribution in [0, 0.1) is 0 Å². The monoisotopic (exact) mass is 265 g/mol. The molecule has 0 radical (unpaired) electrons. The van der Waals surface area contributed by atoms with Crippen molar-refractivity contribution >= 4 is 11.3 Å². The Bertz CT molecular complexity index is 388. The van der Waals surface area contributed by atoms with Crippen molar-refractivity contribution in [3.63, 3.8) is 0 Å². The standard InChI is InChI=1S/C14H23N3S/c1-16(9-13-3-2-8-18-13)14(10-15)6-7-17(11-14)12-4-5-12/h2-3,8,12H,4-7,9-11,15H2,1H3. The van der Waals surface area contributed by atoms with Crippen molar-refractivity contribution in [1.29, 1.82) is 0 Å². The molecular weight excluding hydrogens is 242 g/mol. The molecule has 18 heavy (non-hydrogen) atoms. The second kappa shape index (κ2) is 4.93. The van der Waals surface area contributed by atoms with Crippen LogP contribution in [-0.2, 0) is 6.54 Å². The third-order valence-corrected chi connectivity index (χ3v) is 5.45. The predicted molar refractivity (Wildman–Crippen MR) is 76.8 cm³/mol. The highest BCUT2D eigenvalue weighted by molar-refractivity contribution is 7.09. The maximum absolute atomic E-state index is 6.12. The fourth-order valence-electron chi connectivity index (χ4n) is 3.08. The Balaban J connectivity index is 1.67. The highest BCUT2D eigenvalue weighted by Gasteiger charge is 2.44. The molecule has 1 saturated heterocycles. The summed E-state index contributed by atoms with van der Waals surface area (Å²) in [6.07, 6.45) is 4.02. The summed E-state index contributed by atoms with van der Waals surface area (Å²) in [5.41, 5.74) is 6.32. The Labute approximate surface area is 114 Å². The van der Waals surface area contributed by atoms with Crippen molar-refractivity contribution in [3.8, 4) is 0 Å². The summed E-state index contributed by atoms with van der Waals surface area (Å²) in [5.74, 6) is 0. The molecular formula is C14H23N3S. The van der Waals surface area contributed by atoms with Crippen LogP contribution in [0.4, 0.5) is 0 Å². The van der Waals surface area contributed by atoms with Crippen LogP contribution in [0.1, 0.15) is 24.1 Å². The van der Waals surface area contributed by atoms with Crippen LogP contribution in [0.2, 0.25) is 0 Å². The molecule has 2 aliphatic rings. The Hall–Kier alpha value is -0.420. The Morgan fingerprint density at radius 2 is 2.39 bits per heavy atom. The minimum atomic E-state index is 0.201. The van der Waals surface area contributed by atoms with Gasteiger partial charge in [-0.15, -0.1) is 11.3 Å². The zero-order valence-electron chi connectivity index (χ0n) is 11.1. The number of hydrogen-bond donors (Lipinski definition) is 1. The predicted octanol–water partition coefficient (Wildman–Crippen LogP) is 1.75. The van der Waals surface area contributed by atoms with Gasteiger partial charge in [-0.1, -0.05) is 6.07 Å². The van der Waals surface area contributed by atoms with Gasteiger partial charge >= 0.3 is 0 Å². The molecule has 0 aromatic carbocycles. The minimum Gasteiger partial charge on any atom is -0.329 e. The van der Waals surface area contributed by atoms with Gasteiger partial charge < -0.3 is 5.73 Å². The van der Waals surface area contributed by atoms with Gasteiger partial charge in [0.1, 0.15) is 0 Å². The number of rotatable bonds is 5. The lowest BCUT2D eigenvalue weighted by Gasteiger charge is -2.38. The number of likely N-dealkylation sites (tertiary alicyclic amines) is 1. The Morgan fingerprint density at radius 3 is 3.00 bits per heavy atom. The maximum Gasteiger partial charge on any atom is 0.0471 e. The first-order chi connectivity index (χ1) is 8.73. The van der Waals surface area contributed by atoms with Crippen LogP contribution in [0.5, 0.6) is 0 Å². The van der Waals surface area contributed by atoms with E-state index in [0.717, 1.165) is 25.7 Å². The first-order valence-corrected chi connectivity index (χ1v) is 7.79. The highest BCUT2D eigenvalue weighted by atomic mass is 32.1. The fourth-order valence-corrected chi connectivity index (χ4v) is 3.83. The van der Waals surface area contributed by atoms with E-state index in [9.17, 15) is 0 Å². The van der Waals surface area contributed by atoms with Gasteiger partial charge in [0.25, 0.3) is 0 Å². The van der Waals surface area contributed by atoms with Crippen molar-refractivity contribution in [2.45, 2.75) is 37.4 Å². The zero-order chi connectivity index (χ0) is 12.6. The van der Waals surface area contributed by atoms with Crippen LogP contribution < -0.4 is 5.73 Å². The van der Waals surface area contributed by atoms with Gasteiger partial charge in [0.05, 0.1) is 0 Å². The summed E-state index contributed by atoms with van der Waals surface area (Å²) in [6, 6.07) is 5.22. The lowest BCUT2D eigenvalue weighted by atomic mass is 9.96. The summed E-state index contributed by atoms with van der Waals surface area (Å²) in [5, 5.41) is 2.16. The molecule has 1 aliphatic carbocycles. The molecule has 2 N–H and O–H groups in total. The summed E-state index contributed by atoms with van der Waals surface area (Å²) in [6.45, 7) is 4.21. The van der Waals surface area contributed by atoms with Crippen LogP contribution >= 0.6 is 11.3 Å². The molecule has 1 atom stereocenters. The zero-order valence-corrected chi connectivity index (χ0v) is 12.0. The van der Waals surface area contributed by atoms with Crippen molar-refractivity contribution in [2.75, 3.05) is 26.7 Å². The van der Waals surface area contributed by atoms with Crippen molar-refractivity contribution in [3.05, 3.63) is 22.4 Å². The third-order valence-electron chi connectivity index (χ3n) is 4.59. The first kappa shape index (κ1) is 12.6. The van der Waals surface area contributed by atoms with E-state index < -0.39 is 0 Å². The van der Waals surface area contributed by atoms with Crippen LogP contribution in [0.15, 0.2) is 17.5 Å². The molecule has 3 rings (SSSR count). The molecule has 4 heteroatoms. The average Bonchev–Trinajstić information content (AvgIpc) is 2.93. The van der Waals surface area contributed by atoms with Gasteiger partial charge in [-0.2, -0.15) is 0 Å². The van der Waals surface area contributed by atoms with E-state index in [1.165, 1.54) is 30.7 Å². The average molecular weight is 265 g/mol. The highest BCUT2D eigenvalue weighted by Crippen LogP contribution is 2.36. The van der Waals surface area contributed by atoms with E-state index in [2.05, 4.69) is 34.4 Å². The van der Waals surface area contributed by atoms with E-state index >= 15 is 0 Å². The quantitative estimate of drug-likeness (QED) is 0.880. The van der Waals surface area contributed by atoms with Gasteiger partial charge in [0.15, 0.2) is 0 Å². The molecule has 1 aromatic rings. The molecule has 100 valence electrons. The number of hydrogen-bond acceptors (Lipinski definition) is 4. The van der Waals surface area contributed by atoms with E-state index in [0.29, 0.717) is 0 Å². The molecule has 1 unspecified atom stereocenters. The maximum atomic E-state index is 6.12. The second-order valence-electron chi connectivity index (χ2n) is 5.82. The van der Waals surface area contributed by atoms with E-state index in [1.807, 2.05) is 11.3 Å². The van der Waals surface area contributed by atoms with Crippen molar-refractivity contribution < 1.29 is 0 Å². The van der Waals surface area contributed by atoms with E-state index in [4.69, 9.17) is 5.73 Å². The summed E-state index contributed by atoms with van der Waals surface area (Å²) in [4.78, 5) is 6.58. The summed E-state index contributed by atoms with van der Waals surface area (Å²) in [7, 11) is 2.24. The number of thiophene rings is 1. The molecule has 1 saturated carbocycles. The van der Waals surface area contributed by atoms with Gasteiger partial charge in [-0.05, 0) is 37.8 Å².